The number of aryl methyl sites for hydroxylation is 1. The van der Waals surface area contributed by atoms with Crippen LogP contribution in [-0.2, 0) is 10.0 Å². The first-order chi connectivity index (χ1) is 18.4. The van der Waals surface area contributed by atoms with E-state index in [1.165, 1.54) is 70.6 Å². The molecule has 0 bridgehead atoms. The van der Waals surface area contributed by atoms with E-state index in [0.29, 0.717) is 28.1 Å². The topological polar surface area (TPSA) is 58.5 Å². The van der Waals surface area contributed by atoms with E-state index < -0.39 is 10.0 Å². The first-order valence-corrected chi connectivity index (χ1v) is 17.6. The average molecular weight is 555 g/mol. The van der Waals surface area contributed by atoms with E-state index in [1.807, 2.05) is 19.1 Å². The summed E-state index contributed by atoms with van der Waals surface area (Å²) < 4.78 is 26.4. The van der Waals surface area contributed by atoms with E-state index in [1.54, 1.807) is 12.1 Å². The van der Waals surface area contributed by atoms with Gasteiger partial charge in [-0.1, -0.05) is 84.4 Å². The normalized spacial score (nSPS) is 38.2. The molecule has 0 saturated heterocycles. The lowest BCUT2D eigenvalue weighted by atomic mass is 9.45. The zero-order valence-electron chi connectivity index (χ0n) is 25.5. The Balaban J connectivity index is 1.43. The molecule has 5 rings (SSSR count). The summed E-state index contributed by atoms with van der Waals surface area (Å²) >= 11 is 0. The highest BCUT2D eigenvalue weighted by atomic mass is 32.2. The second-order valence-electron chi connectivity index (χ2n) is 15.0. The van der Waals surface area contributed by atoms with Gasteiger partial charge in [-0.15, -0.1) is 0 Å². The van der Waals surface area contributed by atoms with Crippen molar-refractivity contribution < 1.29 is 8.42 Å². The zero-order valence-corrected chi connectivity index (χ0v) is 26.3. The Morgan fingerprint density at radius 2 is 1.67 bits per heavy atom. The average Bonchev–Trinajstić information content (AvgIpc) is 3.19. The molecule has 0 spiro atoms. The maximum atomic E-state index is 13.2. The fraction of sp³-hybridized carbons (Fsp3) is 0.794. The third kappa shape index (κ3) is 5.60. The summed E-state index contributed by atoms with van der Waals surface area (Å²) in [6.07, 6.45) is 15.7. The van der Waals surface area contributed by atoms with Crippen molar-refractivity contribution in [1.82, 2.24) is 4.83 Å². The Kier molecular flexibility index (Phi) is 8.32. The van der Waals surface area contributed by atoms with Crippen molar-refractivity contribution in [3.8, 4) is 0 Å². The molecule has 1 N–H and O–H groups in total. The molecule has 0 radical (unpaired) electrons. The summed E-state index contributed by atoms with van der Waals surface area (Å²) in [7, 11) is -3.68. The number of fused-ring (bicyclic) bond motifs is 5. The maximum absolute atomic E-state index is 13.2. The number of nitrogens with zero attached hydrogens (tertiary/aromatic N) is 1. The molecule has 4 aliphatic carbocycles. The SMILES string of the molecule is Cc1ccc(S(=O)(=O)N/N=C2\C[C@@]3(C)[C@H](CC[C@H]4[C@@H]5CCCC[C@@]5(C)CC[C@@H]43)[C@H]2[C@@H](C)CCCC(C)C)cc1. The quantitative estimate of drug-likeness (QED) is 0.327. The van der Waals surface area contributed by atoms with Crippen LogP contribution < -0.4 is 4.83 Å². The molecule has 0 unspecified atom stereocenters. The van der Waals surface area contributed by atoms with E-state index in [9.17, 15) is 8.42 Å². The Hall–Kier alpha value is -1.36. The molecular weight excluding hydrogens is 500 g/mol. The molecule has 8 atom stereocenters. The number of nitrogens with one attached hydrogen (secondary N) is 1. The number of sulfonamides is 1. The molecular formula is C34H54N2O2S. The lowest BCUT2D eigenvalue weighted by molar-refractivity contribution is -0.108. The molecule has 4 aliphatic rings. The third-order valence-electron chi connectivity index (χ3n) is 12.0. The molecule has 218 valence electrons. The third-order valence-corrected chi connectivity index (χ3v) is 13.3. The number of hydrazone groups is 1. The lowest BCUT2D eigenvalue weighted by Gasteiger charge is -2.60. The van der Waals surface area contributed by atoms with Crippen LogP contribution in [0.25, 0.3) is 0 Å². The maximum Gasteiger partial charge on any atom is 0.276 e. The van der Waals surface area contributed by atoms with Crippen LogP contribution in [0.2, 0.25) is 0 Å². The van der Waals surface area contributed by atoms with Crippen molar-refractivity contribution in [3.05, 3.63) is 29.8 Å². The second-order valence-corrected chi connectivity index (χ2v) is 16.7. The summed E-state index contributed by atoms with van der Waals surface area (Å²) in [5.41, 5.74) is 2.96. The minimum Gasteiger partial charge on any atom is -0.200 e. The number of rotatable bonds is 8. The van der Waals surface area contributed by atoms with Crippen molar-refractivity contribution in [2.45, 2.75) is 123 Å². The van der Waals surface area contributed by atoms with Gasteiger partial charge in [0.15, 0.2) is 0 Å². The minimum atomic E-state index is -3.68. The number of benzene rings is 1. The Labute approximate surface area is 239 Å². The fourth-order valence-electron chi connectivity index (χ4n) is 9.99. The van der Waals surface area contributed by atoms with Crippen LogP contribution in [0.4, 0.5) is 0 Å². The smallest absolute Gasteiger partial charge is 0.200 e. The van der Waals surface area contributed by atoms with Crippen molar-refractivity contribution in [1.29, 1.82) is 0 Å². The molecule has 4 fully saturated rings. The van der Waals surface area contributed by atoms with Crippen molar-refractivity contribution in [3.63, 3.8) is 0 Å². The summed E-state index contributed by atoms with van der Waals surface area (Å²) in [6, 6.07) is 7.09. The van der Waals surface area contributed by atoms with Crippen molar-refractivity contribution in [2.75, 3.05) is 0 Å². The van der Waals surface area contributed by atoms with Gasteiger partial charge in [-0.25, -0.2) is 4.83 Å². The molecule has 4 nitrogen and oxygen atoms in total. The van der Waals surface area contributed by atoms with Crippen LogP contribution in [0.3, 0.4) is 0 Å². The first kappa shape index (κ1) is 29.1. The van der Waals surface area contributed by atoms with Gasteiger partial charge in [-0.05, 0) is 110 Å². The van der Waals surface area contributed by atoms with Crippen LogP contribution in [0.5, 0.6) is 0 Å². The van der Waals surface area contributed by atoms with E-state index in [2.05, 4.69) is 39.4 Å². The summed E-state index contributed by atoms with van der Waals surface area (Å²) in [5, 5.41) is 4.82. The molecule has 5 heteroatoms. The summed E-state index contributed by atoms with van der Waals surface area (Å²) in [6.45, 7) is 14.2. The van der Waals surface area contributed by atoms with Gasteiger partial charge in [0.05, 0.1) is 4.90 Å². The standard InChI is InChI=1S/C34H54N2O2S/c1-23(2)10-9-11-25(4)32-30-18-17-27-28-12-7-8-20-33(28,5)21-19-29(27)34(30,6)22-31(32)35-36-39(37,38)26-15-13-24(3)14-16-26/h13-16,23,25,27-30,32,36H,7-12,17-22H2,1-6H3/b35-31+/t25-,27-,28-,29-,30+,32+,33-,34+/m0/s1. The summed E-state index contributed by atoms with van der Waals surface area (Å²) in [5.74, 6) is 4.71. The van der Waals surface area contributed by atoms with Crippen molar-refractivity contribution >= 4 is 15.7 Å². The Morgan fingerprint density at radius 1 is 0.923 bits per heavy atom. The molecule has 0 heterocycles. The molecule has 4 saturated carbocycles. The van der Waals surface area contributed by atoms with Crippen LogP contribution in [0.1, 0.15) is 117 Å². The van der Waals surface area contributed by atoms with E-state index in [4.69, 9.17) is 5.10 Å². The van der Waals surface area contributed by atoms with E-state index in [0.717, 1.165) is 41.4 Å². The lowest BCUT2D eigenvalue weighted by Crippen LogP contribution is -2.52. The highest BCUT2D eigenvalue weighted by molar-refractivity contribution is 7.89. The summed E-state index contributed by atoms with van der Waals surface area (Å²) in [4.78, 5) is 3.00. The zero-order chi connectivity index (χ0) is 28.0. The molecule has 0 aliphatic heterocycles. The van der Waals surface area contributed by atoms with Gasteiger partial charge in [-0.3, -0.25) is 0 Å². The number of hydrogen-bond donors (Lipinski definition) is 1. The van der Waals surface area contributed by atoms with E-state index in [-0.39, 0.29) is 5.41 Å². The predicted octanol–water partition coefficient (Wildman–Crippen LogP) is 8.75. The van der Waals surface area contributed by atoms with Gasteiger partial charge in [0.25, 0.3) is 10.0 Å². The van der Waals surface area contributed by atoms with Gasteiger partial charge >= 0.3 is 0 Å². The molecule has 0 amide bonds. The van der Waals surface area contributed by atoms with Gasteiger partial charge in [-0.2, -0.15) is 13.5 Å². The Morgan fingerprint density at radius 3 is 2.38 bits per heavy atom. The monoisotopic (exact) mass is 554 g/mol. The largest absolute Gasteiger partial charge is 0.276 e. The van der Waals surface area contributed by atoms with Crippen LogP contribution in [0.15, 0.2) is 34.3 Å². The first-order valence-electron chi connectivity index (χ1n) is 16.1. The van der Waals surface area contributed by atoms with Crippen LogP contribution in [0, 0.1) is 59.2 Å². The molecule has 39 heavy (non-hydrogen) atoms. The molecule has 0 aromatic heterocycles. The van der Waals surface area contributed by atoms with Crippen LogP contribution in [-0.4, -0.2) is 14.1 Å². The van der Waals surface area contributed by atoms with Gasteiger partial charge < -0.3 is 0 Å². The van der Waals surface area contributed by atoms with Crippen LogP contribution >= 0.6 is 0 Å². The molecule has 1 aromatic rings. The van der Waals surface area contributed by atoms with Crippen molar-refractivity contribution in [2.24, 2.45) is 57.4 Å². The fourth-order valence-corrected chi connectivity index (χ4v) is 10.8. The second kappa shape index (κ2) is 11.1. The predicted molar refractivity (Wildman–Crippen MR) is 162 cm³/mol. The van der Waals surface area contributed by atoms with E-state index >= 15 is 0 Å². The number of hydrogen-bond acceptors (Lipinski definition) is 3. The Bertz CT molecular complexity index is 1140. The molecule has 1 aromatic carbocycles. The highest BCUT2D eigenvalue weighted by Crippen LogP contribution is 2.67. The highest BCUT2D eigenvalue weighted by Gasteiger charge is 2.61. The van der Waals surface area contributed by atoms with Gasteiger partial charge in [0.2, 0.25) is 0 Å². The van der Waals surface area contributed by atoms with Gasteiger partial charge in [0, 0.05) is 11.6 Å². The van der Waals surface area contributed by atoms with Gasteiger partial charge in [0.1, 0.15) is 0 Å². The minimum absolute atomic E-state index is 0.229.